The van der Waals surface area contributed by atoms with Crippen molar-refractivity contribution < 1.29 is 18.6 Å². The van der Waals surface area contributed by atoms with Gasteiger partial charge in [-0.25, -0.2) is 13.1 Å². The quantitative estimate of drug-likeness (QED) is 0.657. The van der Waals surface area contributed by atoms with Crippen LogP contribution in [0.1, 0.15) is 18.2 Å². The molecule has 19 heavy (non-hydrogen) atoms. The summed E-state index contributed by atoms with van der Waals surface area (Å²) in [6.07, 6.45) is 0.569. The Morgan fingerprint density at radius 3 is 2.89 bits per heavy atom. The lowest BCUT2D eigenvalue weighted by molar-refractivity contribution is 0.116. The molecule has 1 aromatic rings. The SMILES string of the molecule is C[C@@H](O)[C@@H](CO)NS(=O)(=O)C1=NCc2ncccc21. The number of sulfonamides is 1. The third kappa shape index (κ3) is 2.81. The number of pyridine rings is 1. The molecule has 0 fully saturated rings. The van der Waals surface area contributed by atoms with Crippen molar-refractivity contribution in [1.82, 2.24) is 9.71 Å². The molecule has 2 heterocycles. The van der Waals surface area contributed by atoms with E-state index in [1.807, 2.05) is 0 Å². The number of fused-ring (bicyclic) bond motifs is 1. The van der Waals surface area contributed by atoms with Gasteiger partial charge < -0.3 is 10.2 Å². The van der Waals surface area contributed by atoms with Gasteiger partial charge in [0.15, 0.2) is 5.04 Å². The highest BCUT2D eigenvalue weighted by atomic mass is 32.2. The second-order valence-corrected chi connectivity index (χ2v) is 5.90. The number of hydrogen-bond donors (Lipinski definition) is 3. The first-order chi connectivity index (χ1) is 8.95. The van der Waals surface area contributed by atoms with Gasteiger partial charge in [-0.05, 0) is 19.1 Å². The minimum atomic E-state index is -3.89. The highest BCUT2D eigenvalue weighted by Crippen LogP contribution is 2.19. The Balaban J connectivity index is 2.27. The molecule has 0 saturated heterocycles. The average Bonchev–Trinajstić information content (AvgIpc) is 2.80. The number of rotatable bonds is 4. The van der Waals surface area contributed by atoms with E-state index < -0.39 is 28.8 Å². The van der Waals surface area contributed by atoms with Gasteiger partial charge in [-0.1, -0.05) is 0 Å². The molecule has 0 radical (unpaired) electrons. The maximum Gasteiger partial charge on any atom is 0.258 e. The topological polar surface area (TPSA) is 112 Å². The summed E-state index contributed by atoms with van der Waals surface area (Å²) in [5.74, 6) is 0. The number of nitrogens with one attached hydrogen (secondary N) is 1. The smallest absolute Gasteiger partial charge is 0.258 e. The van der Waals surface area contributed by atoms with Crippen LogP contribution in [-0.2, 0) is 16.6 Å². The Kier molecular flexibility index (Phi) is 3.95. The van der Waals surface area contributed by atoms with Gasteiger partial charge in [-0.2, -0.15) is 0 Å². The molecule has 0 spiro atoms. The zero-order chi connectivity index (χ0) is 14.0. The van der Waals surface area contributed by atoms with Crippen molar-refractivity contribution in [3.05, 3.63) is 29.6 Å². The van der Waals surface area contributed by atoms with Gasteiger partial charge in [-0.15, -0.1) is 0 Å². The molecule has 2 rings (SSSR count). The van der Waals surface area contributed by atoms with Crippen LogP contribution in [0.3, 0.4) is 0 Å². The van der Waals surface area contributed by atoms with Crippen LogP contribution in [-0.4, -0.2) is 47.4 Å². The molecule has 0 amide bonds. The van der Waals surface area contributed by atoms with Crippen LogP contribution in [0, 0.1) is 0 Å². The number of aliphatic hydroxyl groups excluding tert-OH is 2. The van der Waals surface area contributed by atoms with E-state index in [4.69, 9.17) is 5.11 Å². The van der Waals surface area contributed by atoms with E-state index in [1.165, 1.54) is 6.92 Å². The molecule has 8 heteroatoms. The van der Waals surface area contributed by atoms with Crippen LogP contribution in [0.5, 0.6) is 0 Å². The molecule has 1 aromatic heterocycles. The van der Waals surface area contributed by atoms with Gasteiger partial charge in [0.05, 0.1) is 31.0 Å². The number of nitrogens with zero attached hydrogens (tertiary/aromatic N) is 2. The molecule has 1 aliphatic rings. The predicted molar refractivity (Wildman–Crippen MR) is 69.1 cm³/mol. The van der Waals surface area contributed by atoms with Crippen molar-refractivity contribution >= 4 is 15.1 Å². The molecule has 0 unspecified atom stereocenters. The van der Waals surface area contributed by atoms with Crippen molar-refractivity contribution in [2.24, 2.45) is 4.99 Å². The Morgan fingerprint density at radius 2 is 2.26 bits per heavy atom. The molecular weight excluding hydrogens is 270 g/mol. The number of aliphatic imine (C=N–C) groups is 1. The molecule has 0 bridgehead atoms. The zero-order valence-corrected chi connectivity index (χ0v) is 11.1. The normalized spacial score (nSPS) is 17.7. The zero-order valence-electron chi connectivity index (χ0n) is 10.3. The van der Waals surface area contributed by atoms with Crippen LogP contribution in [0.2, 0.25) is 0 Å². The fourth-order valence-corrected chi connectivity index (χ4v) is 3.26. The number of aliphatic hydroxyl groups is 2. The molecule has 0 saturated carbocycles. The molecule has 7 nitrogen and oxygen atoms in total. The first-order valence-corrected chi connectivity index (χ1v) is 7.24. The largest absolute Gasteiger partial charge is 0.395 e. The summed E-state index contributed by atoms with van der Waals surface area (Å²) in [7, 11) is -3.89. The molecule has 3 N–H and O–H groups in total. The van der Waals surface area contributed by atoms with Gasteiger partial charge in [0, 0.05) is 11.8 Å². The average molecular weight is 285 g/mol. The maximum atomic E-state index is 12.2. The third-order valence-electron chi connectivity index (χ3n) is 2.83. The fourth-order valence-electron chi connectivity index (χ4n) is 1.76. The van der Waals surface area contributed by atoms with Crippen molar-refractivity contribution in [2.75, 3.05) is 6.61 Å². The Morgan fingerprint density at radius 1 is 1.53 bits per heavy atom. The van der Waals surface area contributed by atoms with Gasteiger partial charge in [0.25, 0.3) is 10.0 Å². The number of aromatic nitrogens is 1. The van der Waals surface area contributed by atoms with Gasteiger partial charge in [0.1, 0.15) is 0 Å². The van der Waals surface area contributed by atoms with E-state index >= 15 is 0 Å². The van der Waals surface area contributed by atoms with Crippen LogP contribution in [0.25, 0.3) is 0 Å². The standard InChI is InChI=1S/C11H15N3O4S/c1-7(16)10(6-15)14-19(17,18)11-8-3-2-4-12-9(8)5-13-11/h2-4,7,10,14-16H,5-6H2,1H3/t7-,10-/m1/s1. The first-order valence-electron chi connectivity index (χ1n) is 5.75. The Bertz CT molecular complexity index is 598. The van der Waals surface area contributed by atoms with Crippen molar-refractivity contribution in [3.63, 3.8) is 0 Å². The fraction of sp³-hybridized carbons (Fsp3) is 0.455. The molecular formula is C11H15N3O4S. The lowest BCUT2D eigenvalue weighted by Crippen LogP contribution is -2.46. The van der Waals surface area contributed by atoms with E-state index in [0.29, 0.717) is 11.3 Å². The van der Waals surface area contributed by atoms with Crippen LogP contribution in [0.4, 0.5) is 0 Å². The molecule has 0 aromatic carbocycles. The minimum Gasteiger partial charge on any atom is -0.395 e. The monoisotopic (exact) mass is 285 g/mol. The van der Waals surface area contributed by atoms with Crippen molar-refractivity contribution in [3.8, 4) is 0 Å². The van der Waals surface area contributed by atoms with Gasteiger partial charge in [-0.3, -0.25) is 9.98 Å². The van der Waals surface area contributed by atoms with Gasteiger partial charge >= 0.3 is 0 Å². The Labute approximate surface area is 111 Å². The lowest BCUT2D eigenvalue weighted by Gasteiger charge is -2.18. The van der Waals surface area contributed by atoms with E-state index in [9.17, 15) is 13.5 Å². The number of hydrogen-bond acceptors (Lipinski definition) is 6. The summed E-state index contributed by atoms with van der Waals surface area (Å²) < 4.78 is 26.6. The Hall–Kier alpha value is -1.35. The first kappa shape index (κ1) is 14.1. The third-order valence-corrected chi connectivity index (χ3v) is 4.30. The van der Waals surface area contributed by atoms with E-state index in [-0.39, 0.29) is 11.6 Å². The molecule has 104 valence electrons. The highest BCUT2D eigenvalue weighted by Gasteiger charge is 2.31. The minimum absolute atomic E-state index is 0.102. The summed E-state index contributed by atoms with van der Waals surface area (Å²) in [6.45, 7) is 1.12. The summed E-state index contributed by atoms with van der Waals surface area (Å²) in [4.78, 5) is 8.01. The molecule has 0 aliphatic carbocycles. The van der Waals surface area contributed by atoms with Crippen LogP contribution in [0.15, 0.2) is 23.3 Å². The maximum absolute atomic E-state index is 12.2. The van der Waals surface area contributed by atoms with Crippen molar-refractivity contribution in [2.45, 2.75) is 25.6 Å². The second kappa shape index (κ2) is 5.33. The summed E-state index contributed by atoms with van der Waals surface area (Å²) in [5, 5.41) is 18.3. The van der Waals surface area contributed by atoms with E-state index in [2.05, 4.69) is 14.7 Å². The predicted octanol–water partition coefficient (Wildman–Crippen LogP) is -0.997. The van der Waals surface area contributed by atoms with Crippen LogP contribution >= 0.6 is 0 Å². The molecule has 2 atom stereocenters. The molecule has 1 aliphatic heterocycles. The van der Waals surface area contributed by atoms with Crippen LogP contribution < -0.4 is 4.72 Å². The highest BCUT2D eigenvalue weighted by molar-refractivity contribution is 8.05. The lowest BCUT2D eigenvalue weighted by atomic mass is 10.2. The summed E-state index contributed by atoms with van der Waals surface area (Å²) in [6, 6.07) is 2.30. The van der Waals surface area contributed by atoms with Crippen molar-refractivity contribution in [1.29, 1.82) is 0 Å². The second-order valence-electron chi connectivity index (χ2n) is 4.27. The van der Waals surface area contributed by atoms with Gasteiger partial charge in [0.2, 0.25) is 0 Å². The van der Waals surface area contributed by atoms with E-state index in [1.54, 1.807) is 18.3 Å². The summed E-state index contributed by atoms with van der Waals surface area (Å²) >= 11 is 0. The summed E-state index contributed by atoms with van der Waals surface area (Å²) in [5.41, 5.74) is 1.05. The van der Waals surface area contributed by atoms with E-state index in [0.717, 1.165) is 0 Å².